The normalized spacial score (nSPS) is 15.8. The number of ether oxygens (including phenoxy) is 2. The Labute approximate surface area is 203 Å². The number of nitrogens with one attached hydrogen (secondary N) is 1. The van der Waals surface area contributed by atoms with Crippen LogP contribution in [0, 0.1) is 0 Å². The highest BCUT2D eigenvalue weighted by Gasteiger charge is 2.24. The highest BCUT2D eigenvalue weighted by atomic mass is 79.9. The average Bonchev–Trinajstić information content (AvgIpc) is 3.13. The van der Waals surface area contributed by atoms with E-state index >= 15 is 0 Å². The van der Waals surface area contributed by atoms with E-state index in [1.54, 1.807) is 13.2 Å². The van der Waals surface area contributed by atoms with Crippen molar-refractivity contribution in [2.75, 3.05) is 7.11 Å². The number of hydrogen-bond donors (Lipinski definition) is 1. The summed E-state index contributed by atoms with van der Waals surface area (Å²) in [5.74, 6) is 0.970. The van der Waals surface area contributed by atoms with E-state index < -0.39 is 0 Å². The van der Waals surface area contributed by atoms with Crippen molar-refractivity contribution < 1.29 is 14.3 Å². The van der Waals surface area contributed by atoms with Gasteiger partial charge in [0.1, 0.15) is 6.61 Å². The van der Waals surface area contributed by atoms with Gasteiger partial charge in [-0.3, -0.25) is 4.79 Å². The van der Waals surface area contributed by atoms with Crippen LogP contribution >= 0.6 is 39.3 Å². The van der Waals surface area contributed by atoms with Gasteiger partial charge >= 0.3 is 0 Å². The quantitative estimate of drug-likeness (QED) is 0.366. The van der Waals surface area contributed by atoms with Crippen molar-refractivity contribution in [2.24, 2.45) is 4.99 Å². The number of rotatable bonds is 6. The molecule has 1 fully saturated rings. The van der Waals surface area contributed by atoms with Gasteiger partial charge in [-0.1, -0.05) is 51.8 Å². The molecule has 0 saturated carbocycles. The molecular weight excluding hydrogens is 512 g/mol. The summed E-state index contributed by atoms with van der Waals surface area (Å²) in [6.07, 6.45) is 1.80. The fourth-order valence-corrected chi connectivity index (χ4v) is 4.23. The molecule has 3 aromatic carbocycles. The van der Waals surface area contributed by atoms with Crippen molar-refractivity contribution >= 4 is 62.1 Å². The van der Waals surface area contributed by atoms with E-state index in [9.17, 15) is 4.79 Å². The minimum Gasteiger partial charge on any atom is -0.493 e. The van der Waals surface area contributed by atoms with Gasteiger partial charge in [-0.2, -0.15) is 0 Å². The summed E-state index contributed by atoms with van der Waals surface area (Å²) in [6.45, 7) is 0.324. The SMILES string of the molecule is COc1cc(C=C2SC(=Nc3ccc(Br)cc3)NC2=O)ccc1OCc1ccccc1Cl. The molecular formula is C24H18BrClN2O3S. The van der Waals surface area contributed by atoms with E-state index in [-0.39, 0.29) is 5.91 Å². The van der Waals surface area contributed by atoms with Crippen LogP contribution in [0.2, 0.25) is 5.02 Å². The lowest BCUT2D eigenvalue weighted by atomic mass is 10.2. The number of carbonyl (C=O) groups excluding carboxylic acids is 1. The van der Waals surface area contributed by atoms with Gasteiger partial charge in [-0.15, -0.1) is 0 Å². The van der Waals surface area contributed by atoms with Gasteiger partial charge in [0, 0.05) is 15.1 Å². The maximum atomic E-state index is 12.4. The van der Waals surface area contributed by atoms with Gasteiger partial charge in [0.05, 0.1) is 17.7 Å². The van der Waals surface area contributed by atoms with Crippen molar-refractivity contribution in [3.05, 3.63) is 92.3 Å². The van der Waals surface area contributed by atoms with Gasteiger partial charge in [0.25, 0.3) is 5.91 Å². The number of methoxy groups -OCH3 is 1. The highest BCUT2D eigenvalue weighted by Crippen LogP contribution is 2.33. The number of halogens is 2. The molecule has 0 unspecified atom stereocenters. The molecule has 8 heteroatoms. The lowest BCUT2D eigenvalue weighted by Gasteiger charge is -2.12. The van der Waals surface area contributed by atoms with Crippen molar-refractivity contribution in [3.63, 3.8) is 0 Å². The number of nitrogens with zero attached hydrogens (tertiary/aromatic N) is 1. The molecule has 4 rings (SSSR count). The Morgan fingerprint density at radius 1 is 1.09 bits per heavy atom. The molecule has 1 aliphatic heterocycles. The van der Waals surface area contributed by atoms with Gasteiger partial charge in [0.15, 0.2) is 16.7 Å². The molecule has 0 spiro atoms. The van der Waals surface area contributed by atoms with Crippen LogP contribution in [0.25, 0.3) is 6.08 Å². The Morgan fingerprint density at radius 3 is 2.62 bits per heavy atom. The van der Waals surface area contributed by atoms with Crippen LogP contribution in [0.3, 0.4) is 0 Å². The average molecular weight is 530 g/mol. The number of aliphatic imine (C=N–C) groups is 1. The van der Waals surface area contributed by atoms with E-state index in [2.05, 4.69) is 26.2 Å². The van der Waals surface area contributed by atoms with Gasteiger partial charge < -0.3 is 14.8 Å². The smallest absolute Gasteiger partial charge is 0.264 e. The van der Waals surface area contributed by atoms with E-state index in [1.165, 1.54) is 11.8 Å². The predicted octanol–water partition coefficient (Wildman–Crippen LogP) is 6.58. The topological polar surface area (TPSA) is 59.9 Å². The number of benzene rings is 3. The summed E-state index contributed by atoms with van der Waals surface area (Å²) >= 11 is 10.9. The molecule has 32 heavy (non-hydrogen) atoms. The van der Waals surface area contributed by atoms with Crippen LogP contribution < -0.4 is 14.8 Å². The van der Waals surface area contributed by atoms with Crippen LogP contribution in [0.1, 0.15) is 11.1 Å². The van der Waals surface area contributed by atoms with Crippen molar-refractivity contribution in [2.45, 2.75) is 6.61 Å². The van der Waals surface area contributed by atoms with Crippen molar-refractivity contribution in [1.82, 2.24) is 5.32 Å². The largest absolute Gasteiger partial charge is 0.493 e. The van der Waals surface area contributed by atoms with Crippen LogP contribution in [-0.2, 0) is 11.4 Å². The third-order valence-electron chi connectivity index (χ3n) is 4.53. The molecule has 1 heterocycles. The molecule has 0 aliphatic carbocycles. The molecule has 0 bridgehead atoms. The van der Waals surface area contributed by atoms with Crippen molar-refractivity contribution in [1.29, 1.82) is 0 Å². The van der Waals surface area contributed by atoms with E-state index in [0.29, 0.717) is 33.2 Å². The number of amides is 1. The molecule has 162 valence electrons. The Morgan fingerprint density at radius 2 is 1.88 bits per heavy atom. The van der Waals surface area contributed by atoms with Gasteiger partial charge in [0.2, 0.25) is 0 Å². The molecule has 1 amide bonds. The third-order valence-corrected chi connectivity index (χ3v) is 6.34. The number of thioether (sulfide) groups is 1. The Balaban J connectivity index is 1.49. The molecule has 1 aliphatic rings. The summed E-state index contributed by atoms with van der Waals surface area (Å²) in [6, 6.07) is 20.6. The van der Waals surface area contributed by atoms with Crippen molar-refractivity contribution in [3.8, 4) is 11.5 Å². The molecule has 0 aromatic heterocycles. The maximum absolute atomic E-state index is 12.4. The minimum absolute atomic E-state index is 0.191. The fraction of sp³-hybridized carbons (Fsp3) is 0.0833. The molecule has 3 aromatic rings. The van der Waals surface area contributed by atoms with E-state index in [4.69, 9.17) is 21.1 Å². The van der Waals surface area contributed by atoms with Crippen LogP contribution in [0.4, 0.5) is 5.69 Å². The molecule has 1 saturated heterocycles. The predicted molar refractivity (Wildman–Crippen MR) is 134 cm³/mol. The second-order valence-corrected chi connectivity index (χ2v) is 9.10. The Bertz CT molecular complexity index is 1210. The first-order chi connectivity index (χ1) is 15.5. The number of amidine groups is 1. The molecule has 0 atom stereocenters. The number of hydrogen-bond acceptors (Lipinski definition) is 5. The second-order valence-electron chi connectivity index (χ2n) is 6.75. The summed E-state index contributed by atoms with van der Waals surface area (Å²) in [5.41, 5.74) is 2.47. The number of carbonyl (C=O) groups is 1. The monoisotopic (exact) mass is 528 g/mol. The van der Waals surface area contributed by atoms with E-state index in [1.807, 2.05) is 66.7 Å². The summed E-state index contributed by atoms with van der Waals surface area (Å²) < 4.78 is 12.4. The van der Waals surface area contributed by atoms with Crippen LogP contribution in [0.15, 0.2) is 81.1 Å². The first kappa shape index (κ1) is 22.5. The summed E-state index contributed by atoms with van der Waals surface area (Å²) in [4.78, 5) is 17.4. The fourth-order valence-electron chi connectivity index (χ4n) is 2.93. The second kappa shape index (κ2) is 10.3. The zero-order chi connectivity index (χ0) is 22.5. The minimum atomic E-state index is -0.191. The van der Waals surface area contributed by atoms with Gasteiger partial charge in [-0.05, 0) is 65.9 Å². The highest BCUT2D eigenvalue weighted by molar-refractivity contribution is 9.10. The van der Waals surface area contributed by atoms with Gasteiger partial charge in [-0.25, -0.2) is 4.99 Å². The maximum Gasteiger partial charge on any atom is 0.264 e. The lowest BCUT2D eigenvalue weighted by molar-refractivity contribution is -0.115. The Hall–Kier alpha value is -2.74. The lowest BCUT2D eigenvalue weighted by Crippen LogP contribution is -2.19. The standard InChI is InChI=1S/C24H18BrClN2O3S/c1-30-21-12-15(6-11-20(21)31-14-16-4-2-3-5-19(16)26)13-22-23(29)28-24(32-22)27-18-9-7-17(25)8-10-18/h2-13H,14H2,1H3,(H,27,28,29). The summed E-state index contributed by atoms with van der Waals surface area (Å²) in [7, 11) is 1.58. The first-order valence-corrected chi connectivity index (χ1v) is 11.6. The Kier molecular flexibility index (Phi) is 7.19. The molecule has 5 nitrogen and oxygen atoms in total. The van der Waals surface area contributed by atoms with E-state index in [0.717, 1.165) is 21.3 Å². The third kappa shape index (κ3) is 5.54. The van der Waals surface area contributed by atoms with Crippen LogP contribution in [0.5, 0.6) is 11.5 Å². The first-order valence-electron chi connectivity index (χ1n) is 9.61. The van der Waals surface area contributed by atoms with Crippen LogP contribution in [-0.4, -0.2) is 18.2 Å². The summed E-state index contributed by atoms with van der Waals surface area (Å²) in [5, 5.41) is 3.98. The zero-order valence-electron chi connectivity index (χ0n) is 17.0. The zero-order valence-corrected chi connectivity index (χ0v) is 20.1. The molecule has 0 radical (unpaired) electrons. The molecule has 1 N–H and O–H groups in total.